The SMILES string of the molecule is CC(C)CN(C(C)C)C1(CC(=O)O)CNC1. The van der Waals surface area contributed by atoms with Gasteiger partial charge in [-0.1, -0.05) is 13.8 Å². The minimum Gasteiger partial charge on any atom is -0.481 e. The molecule has 0 radical (unpaired) electrons. The lowest BCUT2D eigenvalue weighted by Crippen LogP contribution is -2.71. The first-order valence-electron chi connectivity index (χ1n) is 6.06. The number of hydrogen-bond donors (Lipinski definition) is 2. The van der Waals surface area contributed by atoms with Crippen molar-refractivity contribution >= 4 is 5.97 Å². The van der Waals surface area contributed by atoms with E-state index in [4.69, 9.17) is 5.11 Å². The van der Waals surface area contributed by atoms with Gasteiger partial charge in [0.25, 0.3) is 0 Å². The summed E-state index contributed by atoms with van der Waals surface area (Å²) in [5.74, 6) is -0.135. The molecule has 0 aromatic heterocycles. The van der Waals surface area contributed by atoms with Crippen molar-refractivity contribution in [1.29, 1.82) is 0 Å². The van der Waals surface area contributed by atoms with E-state index in [9.17, 15) is 4.79 Å². The van der Waals surface area contributed by atoms with Crippen molar-refractivity contribution in [2.75, 3.05) is 19.6 Å². The van der Waals surface area contributed by atoms with Gasteiger partial charge in [-0.3, -0.25) is 9.69 Å². The maximum atomic E-state index is 11.0. The molecule has 4 nitrogen and oxygen atoms in total. The first-order chi connectivity index (χ1) is 7.37. The minimum absolute atomic E-state index is 0.162. The lowest BCUT2D eigenvalue weighted by atomic mass is 9.84. The molecule has 0 aliphatic carbocycles. The zero-order chi connectivity index (χ0) is 12.3. The largest absolute Gasteiger partial charge is 0.481 e. The van der Waals surface area contributed by atoms with E-state index >= 15 is 0 Å². The second kappa shape index (κ2) is 5.15. The number of hydrogen-bond acceptors (Lipinski definition) is 3. The van der Waals surface area contributed by atoms with Gasteiger partial charge >= 0.3 is 5.97 Å². The number of aliphatic carboxylic acids is 1. The van der Waals surface area contributed by atoms with Crippen molar-refractivity contribution in [2.24, 2.45) is 5.92 Å². The highest BCUT2D eigenvalue weighted by Crippen LogP contribution is 2.28. The Kier molecular flexibility index (Phi) is 4.33. The Labute approximate surface area is 98.0 Å². The lowest BCUT2D eigenvalue weighted by Gasteiger charge is -2.52. The Balaban J connectivity index is 2.76. The first-order valence-corrected chi connectivity index (χ1v) is 6.06. The lowest BCUT2D eigenvalue weighted by molar-refractivity contribution is -0.142. The number of carbonyl (C=O) groups is 1. The van der Waals surface area contributed by atoms with Crippen LogP contribution in [0.25, 0.3) is 0 Å². The Morgan fingerprint density at radius 1 is 1.38 bits per heavy atom. The van der Waals surface area contributed by atoms with Crippen molar-refractivity contribution in [3.8, 4) is 0 Å². The second-order valence-corrected chi connectivity index (χ2v) is 5.54. The second-order valence-electron chi connectivity index (χ2n) is 5.54. The van der Waals surface area contributed by atoms with E-state index < -0.39 is 5.97 Å². The van der Waals surface area contributed by atoms with E-state index in [-0.39, 0.29) is 12.0 Å². The molecule has 0 unspecified atom stereocenters. The van der Waals surface area contributed by atoms with Gasteiger partial charge in [0.1, 0.15) is 0 Å². The van der Waals surface area contributed by atoms with Gasteiger partial charge in [0.2, 0.25) is 0 Å². The fourth-order valence-electron chi connectivity index (χ4n) is 2.47. The molecule has 0 spiro atoms. The van der Waals surface area contributed by atoms with Crippen molar-refractivity contribution in [3.05, 3.63) is 0 Å². The van der Waals surface area contributed by atoms with Gasteiger partial charge in [-0.15, -0.1) is 0 Å². The van der Waals surface area contributed by atoms with E-state index in [1.54, 1.807) is 0 Å². The molecule has 0 aromatic rings. The predicted molar refractivity (Wildman–Crippen MR) is 64.5 cm³/mol. The molecule has 1 saturated heterocycles. The van der Waals surface area contributed by atoms with Crippen LogP contribution in [-0.4, -0.2) is 47.2 Å². The summed E-state index contributed by atoms with van der Waals surface area (Å²) in [5.41, 5.74) is -0.162. The van der Waals surface area contributed by atoms with Crippen LogP contribution in [0.3, 0.4) is 0 Å². The highest BCUT2D eigenvalue weighted by Gasteiger charge is 2.45. The zero-order valence-electron chi connectivity index (χ0n) is 10.8. The van der Waals surface area contributed by atoms with E-state index in [1.807, 2.05) is 0 Å². The molecule has 1 rings (SSSR count). The number of carboxylic acid groups (broad SMARTS) is 1. The molecule has 1 heterocycles. The van der Waals surface area contributed by atoms with Crippen molar-refractivity contribution in [1.82, 2.24) is 10.2 Å². The number of nitrogens with one attached hydrogen (secondary N) is 1. The van der Waals surface area contributed by atoms with Gasteiger partial charge < -0.3 is 10.4 Å². The summed E-state index contributed by atoms with van der Waals surface area (Å²) in [6.07, 6.45) is 0.241. The van der Waals surface area contributed by atoms with Gasteiger partial charge in [0, 0.05) is 25.7 Å². The third-order valence-corrected chi connectivity index (χ3v) is 3.18. The normalized spacial score (nSPS) is 19.2. The van der Waals surface area contributed by atoms with Crippen LogP contribution in [0, 0.1) is 5.92 Å². The molecular weight excluding hydrogens is 204 g/mol. The maximum absolute atomic E-state index is 11.0. The smallest absolute Gasteiger partial charge is 0.305 e. The predicted octanol–water partition coefficient (Wildman–Crippen LogP) is 1.17. The van der Waals surface area contributed by atoms with E-state index in [1.165, 1.54) is 0 Å². The summed E-state index contributed by atoms with van der Waals surface area (Å²) in [7, 11) is 0. The fraction of sp³-hybridized carbons (Fsp3) is 0.917. The molecule has 1 aliphatic heterocycles. The quantitative estimate of drug-likeness (QED) is 0.716. The molecule has 0 aromatic carbocycles. The van der Waals surface area contributed by atoms with Gasteiger partial charge in [-0.05, 0) is 19.8 Å². The fourth-order valence-corrected chi connectivity index (χ4v) is 2.47. The summed E-state index contributed by atoms with van der Waals surface area (Å²) < 4.78 is 0. The minimum atomic E-state index is -0.698. The molecule has 94 valence electrons. The molecule has 1 fully saturated rings. The molecule has 2 N–H and O–H groups in total. The molecule has 16 heavy (non-hydrogen) atoms. The zero-order valence-corrected chi connectivity index (χ0v) is 10.8. The third kappa shape index (κ3) is 2.95. The van der Waals surface area contributed by atoms with Gasteiger partial charge in [-0.25, -0.2) is 0 Å². The number of rotatable bonds is 6. The van der Waals surface area contributed by atoms with Crippen LogP contribution in [0.1, 0.15) is 34.1 Å². The summed E-state index contributed by atoms with van der Waals surface area (Å²) >= 11 is 0. The summed E-state index contributed by atoms with van der Waals surface area (Å²) in [5, 5.41) is 12.2. The third-order valence-electron chi connectivity index (χ3n) is 3.18. The van der Waals surface area contributed by atoms with Crippen molar-refractivity contribution in [3.63, 3.8) is 0 Å². The standard InChI is InChI=1S/C12H24N2O2/c1-9(2)6-14(10(3)4)12(5-11(15)16)7-13-8-12/h9-10,13H,5-8H2,1-4H3,(H,15,16). The molecule has 0 bridgehead atoms. The Hall–Kier alpha value is -0.610. The average Bonchev–Trinajstić information content (AvgIpc) is 2.06. The summed E-state index contributed by atoms with van der Waals surface area (Å²) in [6.45, 7) is 11.2. The van der Waals surface area contributed by atoms with Crippen LogP contribution in [0.4, 0.5) is 0 Å². The molecule has 0 amide bonds. The van der Waals surface area contributed by atoms with Crippen LogP contribution in [0.5, 0.6) is 0 Å². The molecule has 1 aliphatic rings. The Morgan fingerprint density at radius 2 is 1.94 bits per heavy atom. The highest BCUT2D eigenvalue weighted by molar-refractivity contribution is 5.68. The van der Waals surface area contributed by atoms with Crippen molar-refractivity contribution < 1.29 is 9.90 Å². The van der Waals surface area contributed by atoms with Gasteiger partial charge in [0.15, 0.2) is 0 Å². The molecule has 4 heteroatoms. The topological polar surface area (TPSA) is 52.6 Å². The van der Waals surface area contributed by atoms with Gasteiger partial charge in [-0.2, -0.15) is 0 Å². The van der Waals surface area contributed by atoms with Crippen LogP contribution >= 0.6 is 0 Å². The number of carboxylic acids is 1. The monoisotopic (exact) mass is 228 g/mol. The number of nitrogens with zero attached hydrogens (tertiary/aromatic N) is 1. The van der Waals surface area contributed by atoms with Crippen LogP contribution < -0.4 is 5.32 Å². The Morgan fingerprint density at radius 3 is 2.19 bits per heavy atom. The van der Waals surface area contributed by atoms with E-state index in [2.05, 4.69) is 37.9 Å². The Bertz CT molecular complexity index is 247. The van der Waals surface area contributed by atoms with Crippen LogP contribution in [0.15, 0.2) is 0 Å². The van der Waals surface area contributed by atoms with E-state index in [0.717, 1.165) is 19.6 Å². The maximum Gasteiger partial charge on any atom is 0.305 e. The van der Waals surface area contributed by atoms with E-state index in [0.29, 0.717) is 12.0 Å². The van der Waals surface area contributed by atoms with Gasteiger partial charge in [0.05, 0.1) is 12.0 Å². The van der Waals surface area contributed by atoms with Crippen LogP contribution in [-0.2, 0) is 4.79 Å². The molecular formula is C12H24N2O2. The first kappa shape index (κ1) is 13.5. The highest BCUT2D eigenvalue weighted by atomic mass is 16.4. The molecule has 0 saturated carbocycles. The summed E-state index contributed by atoms with van der Waals surface area (Å²) in [6, 6.07) is 0.392. The summed E-state index contributed by atoms with van der Waals surface area (Å²) in [4.78, 5) is 13.3. The molecule has 0 atom stereocenters. The average molecular weight is 228 g/mol. The van der Waals surface area contributed by atoms with Crippen molar-refractivity contribution in [2.45, 2.75) is 45.7 Å². The van der Waals surface area contributed by atoms with Crippen LogP contribution in [0.2, 0.25) is 0 Å².